The van der Waals surface area contributed by atoms with Gasteiger partial charge in [-0.15, -0.1) is 11.3 Å². The fourth-order valence-corrected chi connectivity index (χ4v) is 6.15. The van der Waals surface area contributed by atoms with E-state index >= 15 is 0 Å². The minimum absolute atomic E-state index is 0.0589. The van der Waals surface area contributed by atoms with E-state index in [-0.39, 0.29) is 24.3 Å². The molecule has 0 unspecified atom stereocenters. The Morgan fingerprint density at radius 2 is 1.93 bits per heavy atom. The largest absolute Gasteiger partial charge is 0.457 e. The molecule has 0 aliphatic carbocycles. The zero-order valence-corrected chi connectivity index (χ0v) is 24.0. The molecule has 10 nitrogen and oxygen atoms in total. The Kier molecular flexibility index (Phi) is 7.60. The number of ether oxygens (including phenoxy) is 2. The highest BCUT2D eigenvalue weighted by atomic mass is 32.1. The number of carbonyl (C=O) groups is 3. The number of amides is 4. The van der Waals surface area contributed by atoms with Gasteiger partial charge < -0.3 is 25.0 Å². The van der Waals surface area contributed by atoms with E-state index in [4.69, 9.17) is 9.47 Å². The Morgan fingerprint density at radius 1 is 1.10 bits per heavy atom. The number of pyridine rings is 1. The number of para-hydroxylation sites is 1. The number of hydrogen-bond donors (Lipinski definition) is 2. The van der Waals surface area contributed by atoms with Crippen LogP contribution < -0.4 is 20.3 Å². The van der Waals surface area contributed by atoms with Crippen LogP contribution in [0, 0.1) is 6.92 Å². The van der Waals surface area contributed by atoms with Gasteiger partial charge in [0.2, 0.25) is 5.91 Å². The molecule has 42 heavy (non-hydrogen) atoms. The molecule has 0 fully saturated rings. The average molecular weight is 584 g/mol. The molecule has 2 aromatic heterocycles. The number of allylic oxidation sites excluding steroid dienone is 1. The molecule has 0 saturated heterocycles. The monoisotopic (exact) mass is 583 g/mol. The number of rotatable bonds is 8. The molecule has 4 amide bonds. The third kappa shape index (κ3) is 5.31. The predicted molar refractivity (Wildman–Crippen MR) is 161 cm³/mol. The van der Waals surface area contributed by atoms with Crippen LogP contribution in [0.1, 0.15) is 34.5 Å². The lowest BCUT2D eigenvalue weighted by atomic mass is 10.1. The molecule has 0 bridgehead atoms. The van der Waals surface area contributed by atoms with Gasteiger partial charge in [-0.1, -0.05) is 18.2 Å². The number of methoxy groups -OCH3 is 1. The zero-order chi connectivity index (χ0) is 29.2. The van der Waals surface area contributed by atoms with Gasteiger partial charge in [-0.05, 0) is 61.7 Å². The van der Waals surface area contributed by atoms with Crippen molar-refractivity contribution in [2.75, 3.05) is 30.5 Å². The van der Waals surface area contributed by atoms with Gasteiger partial charge in [0.1, 0.15) is 21.2 Å². The van der Waals surface area contributed by atoms with Crippen molar-refractivity contribution >= 4 is 56.5 Å². The van der Waals surface area contributed by atoms with Gasteiger partial charge in [0.25, 0.3) is 5.91 Å². The van der Waals surface area contributed by atoms with Gasteiger partial charge in [0, 0.05) is 31.7 Å². The first-order valence-electron chi connectivity index (χ1n) is 13.6. The van der Waals surface area contributed by atoms with Gasteiger partial charge in [-0.25, -0.2) is 9.78 Å². The van der Waals surface area contributed by atoms with Crippen LogP contribution in [0.15, 0.2) is 72.7 Å². The van der Waals surface area contributed by atoms with Crippen LogP contribution in [0.4, 0.5) is 21.9 Å². The van der Waals surface area contributed by atoms with Crippen molar-refractivity contribution < 1.29 is 23.9 Å². The number of hydrogen-bond acceptors (Lipinski definition) is 7. The van der Waals surface area contributed by atoms with Gasteiger partial charge in [0.05, 0.1) is 35.5 Å². The zero-order valence-electron chi connectivity index (χ0n) is 23.2. The second-order valence-electron chi connectivity index (χ2n) is 9.99. The Hall–Kier alpha value is -4.74. The molecule has 0 radical (unpaired) electrons. The topological polar surface area (TPSA) is 113 Å². The number of anilines is 3. The SMILES string of the molecule is COCCC(=O)N1C=C(NC(=O)c2sc3nccc4c3c2NC(=O)N4c2ccc(Oc3ccccc3)cc2C)CCC1. The number of aromatic nitrogens is 1. The second kappa shape index (κ2) is 11.6. The molecule has 0 atom stereocenters. The maximum absolute atomic E-state index is 13.6. The van der Waals surface area contributed by atoms with Crippen LogP contribution >= 0.6 is 11.3 Å². The molecule has 4 heterocycles. The van der Waals surface area contributed by atoms with Crippen molar-refractivity contribution in [1.29, 1.82) is 0 Å². The summed E-state index contributed by atoms with van der Waals surface area (Å²) in [5.74, 6) is 0.963. The van der Waals surface area contributed by atoms with Crippen molar-refractivity contribution in [3.8, 4) is 11.5 Å². The van der Waals surface area contributed by atoms with Crippen molar-refractivity contribution in [3.05, 3.63) is 83.1 Å². The van der Waals surface area contributed by atoms with Crippen molar-refractivity contribution in [1.82, 2.24) is 15.2 Å². The van der Waals surface area contributed by atoms with Gasteiger partial charge in [-0.2, -0.15) is 0 Å². The van der Waals surface area contributed by atoms with Crippen molar-refractivity contribution in [3.63, 3.8) is 0 Å². The van der Waals surface area contributed by atoms with E-state index in [2.05, 4.69) is 15.6 Å². The molecule has 214 valence electrons. The van der Waals surface area contributed by atoms with Gasteiger partial charge >= 0.3 is 6.03 Å². The quantitative estimate of drug-likeness (QED) is 0.251. The summed E-state index contributed by atoms with van der Waals surface area (Å²) in [7, 11) is 1.56. The average Bonchev–Trinajstić information content (AvgIpc) is 3.37. The summed E-state index contributed by atoms with van der Waals surface area (Å²) in [5.41, 5.74) is 3.25. The Bertz CT molecular complexity index is 1720. The van der Waals surface area contributed by atoms with Crippen LogP contribution in [-0.4, -0.2) is 48.0 Å². The molecule has 2 N–H and O–H groups in total. The molecule has 4 aromatic rings. The van der Waals surface area contributed by atoms with E-state index in [0.29, 0.717) is 63.2 Å². The van der Waals surface area contributed by atoms with Crippen LogP contribution in [0.2, 0.25) is 0 Å². The first-order chi connectivity index (χ1) is 20.4. The molecule has 2 aliphatic rings. The highest BCUT2D eigenvalue weighted by molar-refractivity contribution is 7.21. The third-order valence-electron chi connectivity index (χ3n) is 7.11. The number of nitrogens with zero attached hydrogens (tertiary/aromatic N) is 3. The van der Waals surface area contributed by atoms with Crippen LogP contribution in [0.25, 0.3) is 10.2 Å². The number of aryl methyl sites for hydroxylation is 1. The van der Waals surface area contributed by atoms with Crippen molar-refractivity contribution in [2.45, 2.75) is 26.2 Å². The molecule has 0 saturated carbocycles. The number of urea groups is 1. The summed E-state index contributed by atoms with van der Waals surface area (Å²) in [5, 5.41) is 6.59. The summed E-state index contributed by atoms with van der Waals surface area (Å²) in [4.78, 5) is 48.2. The predicted octanol–water partition coefficient (Wildman–Crippen LogP) is 6.31. The fraction of sp³-hybridized carbons (Fsp3) is 0.226. The van der Waals surface area contributed by atoms with E-state index in [1.165, 1.54) is 11.3 Å². The molecular formula is C31H29N5O5S. The van der Waals surface area contributed by atoms with E-state index in [1.807, 2.05) is 55.5 Å². The Labute approximate surface area is 246 Å². The summed E-state index contributed by atoms with van der Waals surface area (Å²) < 4.78 is 11.0. The number of thiophene rings is 1. The first-order valence-corrected chi connectivity index (χ1v) is 14.4. The maximum Gasteiger partial charge on any atom is 0.331 e. The highest BCUT2D eigenvalue weighted by Crippen LogP contribution is 2.46. The lowest BCUT2D eigenvalue weighted by Gasteiger charge is -2.29. The molecule has 0 spiro atoms. The smallest absolute Gasteiger partial charge is 0.331 e. The molecule has 2 aliphatic heterocycles. The maximum atomic E-state index is 13.6. The molecular weight excluding hydrogens is 554 g/mol. The first kappa shape index (κ1) is 27.4. The number of nitrogens with one attached hydrogen (secondary N) is 2. The number of benzene rings is 2. The van der Waals surface area contributed by atoms with Gasteiger partial charge in [0.15, 0.2) is 0 Å². The number of carbonyl (C=O) groups excluding carboxylic acids is 3. The Balaban J connectivity index is 1.28. The van der Waals surface area contributed by atoms with Crippen LogP contribution in [-0.2, 0) is 9.53 Å². The van der Waals surface area contributed by atoms with E-state index in [0.717, 1.165) is 17.7 Å². The lowest BCUT2D eigenvalue weighted by molar-refractivity contribution is -0.129. The normalized spacial score (nSPS) is 14.4. The summed E-state index contributed by atoms with van der Waals surface area (Å²) in [6, 6.07) is 16.4. The lowest BCUT2D eigenvalue weighted by Crippen LogP contribution is -2.36. The summed E-state index contributed by atoms with van der Waals surface area (Å²) in [6.45, 7) is 2.85. The minimum Gasteiger partial charge on any atom is -0.457 e. The highest BCUT2D eigenvalue weighted by Gasteiger charge is 2.33. The molecule has 6 rings (SSSR count). The van der Waals surface area contributed by atoms with Gasteiger partial charge in [-0.3, -0.25) is 14.5 Å². The van der Waals surface area contributed by atoms with Crippen LogP contribution in [0.5, 0.6) is 11.5 Å². The van der Waals surface area contributed by atoms with E-state index < -0.39 is 0 Å². The standard InChI is InChI=1S/C31H29N5O5S/c1-19-17-22(41-21-8-4-3-5-9-21)10-11-23(19)36-24-12-14-32-30-26(24)27(34-31(36)39)28(42-30)29(38)33-20-7-6-15-35(18-20)25(37)13-16-40-2/h3-5,8-12,14,17-18H,6-7,13,15-16H2,1-2H3,(H,33,38)(H,34,39). The molecule has 2 aromatic carbocycles. The third-order valence-corrected chi connectivity index (χ3v) is 8.21. The van der Waals surface area contributed by atoms with Crippen molar-refractivity contribution in [2.24, 2.45) is 0 Å². The van der Waals surface area contributed by atoms with E-state index in [9.17, 15) is 14.4 Å². The Morgan fingerprint density at radius 3 is 2.71 bits per heavy atom. The fourth-order valence-electron chi connectivity index (χ4n) is 5.13. The van der Waals surface area contributed by atoms with E-state index in [1.54, 1.807) is 35.4 Å². The molecule has 11 heteroatoms. The summed E-state index contributed by atoms with van der Waals surface area (Å²) >= 11 is 1.22. The second-order valence-corrected chi connectivity index (χ2v) is 11.0. The minimum atomic E-state index is -0.380. The summed E-state index contributed by atoms with van der Waals surface area (Å²) in [6.07, 6.45) is 4.97. The van der Waals surface area contributed by atoms with Crippen LogP contribution in [0.3, 0.4) is 0 Å².